The minimum absolute atomic E-state index is 0.00473. The lowest BCUT2D eigenvalue weighted by Crippen LogP contribution is -2.15. The van der Waals surface area contributed by atoms with Crippen LogP contribution in [0.4, 0.5) is 18.9 Å². The molecule has 0 fully saturated rings. The average Bonchev–Trinajstić information content (AvgIpc) is 3.40. The molecule has 0 aliphatic heterocycles. The minimum atomic E-state index is -4.65. The molecule has 2 aromatic heterocycles. The molecule has 0 unspecified atom stereocenters. The maximum Gasteiger partial charge on any atom is 0.418 e. The lowest BCUT2D eigenvalue weighted by molar-refractivity contribution is -0.137. The van der Waals surface area contributed by atoms with Gasteiger partial charge in [0, 0.05) is 11.3 Å². The number of hydrogen-bond acceptors (Lipinski definition) is 4. The summed E-state index contributed by atoms with van der Waals surface area (Å²) in [5.74, 6) is -0.652. The molecular formula is C20H13F3N4O2. The van der Waals surface area contributed by atoms with E-state index < -0.39 is 17.6 Å². The fourth-order valence-electron chi connectivity index (χ4n) is 2.89. The van der Waals surface area contributed by atoms with Crippen LogP contribution in [0.25, 0.3) is 16.8 Å². The van der Waals surface area contributed by atoms with Crippen molar-refractivity contribution < 1.29 is 22.4 Å². The first-order valence-electron chi connectivity index (χ1n) is 8.44. The van der Waals surface area contributed by atoms with Gasteiger partial charge in [0.15, 0.2) is 5.76 Å². The SMILES string of the molecule is O=C(Nc1ccc(-n2cncn2)c(C(F)(F)F)c1)c1occc1-c1ccccc1. The van der Waals surface area contributed by atoms with Crippen molar-refractivity contribution in [3.8, 4) is 16.8 Å². The summed E-state index contributed by atoms with van der Waals surface area (Å²) in [5.41, 5.74) is 0.114. The van der Waals surface area contributed by atoms with Crippen LogP contribution in [0.2, 0.25) is 0 Å². The van der Waals surface area contributed by atoms with Gasteiger partial charge in [0.1, 0.15) is 12.7 Å². The van der Waals surface area contributed by atoms with E-state index in [1.807, 2.05) is 18.2 Å². The number of amides is 1. The second kappa shape index (κ2) is 7.27. The average molecular weight is 398 g/mol. The molecule has 2 heterocycles. The van der Waals surface area contributed by atoms with Gasteiger partial charge in [-0.2, -0.15) is 18.3 Å². The number of benzene rings is 2. The van der Waals surface area contributed by atoms with E-state index >= 15 is 0 Å². The van der Waals surface area contributed by atoms with Crippen molar-refractivity contribution in [2.24, 2.45) is 0 Å². The van der Waals surface area contributed by atoms with E-state index in [0.29, 0.717) is 5.56 Å². The Morgan fingerprint density at radius 2 is 1.86 bits per heavy atom. The van der Waals surface area contributed by atoms with Crippen molar-refractivity contribution >= 4 is 11.6 Å². The van der Waals surface area contributed by atoms with Crippen molar-refractivity contribution in [3.63, 3.8) is 0 Å². The van der Waals surface area contributed by atoms with Gasteiger partial charge >= 0.3 is 6.18 Å². The zero-order valence-electron chi connectivity index (χ0n) is 14.7. The van der Waals surface area contributed by atoms with Crippen molar-refractivity contribution in [1.82, 2.24) is 14.8 Å². The van der Waals surface area contributed by atoms with Gasteiger partial charge in [-0.25, -0.2) is 9.67 Å². The molecule has 1 N–H and O–H groups in total. The number of carbonyl (C=O) groups is 1. The first-order chi connectivity index (χ1) is 13.9. The van der Waals surface area contributed by atoms with E-state index in [4.69, 9.17) is 4.42 Å². The van der Waals surface area contributed by atoms with Crippen molar-refractivity contribution in [1.29, 1.82) is 0 Å². The first-order valence-corrected chi connectivity index (χ1v) is 8.44. The number of nitrogens with one attached hydrogen (secondary N) is 1. The third-order valence-electron chi connectivity index (χ3n) is 4.18. The fraction of sp³-hybridized carbons (Fsp3) is 0.0500. The summed E-state index contributed by atoms with van der Waals surface area (Å²) in [6, 6.07) is 14.1. The predicted molar refractivity (Wildman–Crippen MR) is 98.5 cm³/mol. The van der Waals surface area contributed by atoms with Crippen LogP contribution in [-0.2, 0) is 6.18 Å². The molecule has 0 aliphatic carbocycles. The number of anilines is 1. The standard InChI is InChI=1S/C20H13F3N4O2/c21-20(22,23)16-10-14(6-7-17(16)27-12-24-11-25-27)26-19(28)18-15(8-9-29-18)13-4-2-1-3-5-13/h1-12H,(H,26,28). The molecule has 0 aliphatic rings. The number of rotatable bonds is 4. The highest BCUT2D eigenvalue weighted by molar-refractivity contribution is 6.06. The third-order valence-corrected chi connectivity index (χ3v) is 4.18. The Morgan fingerprint density at radius 1 is 1.07 bits per heavy atom. The molecule has 4 rings (SSSR count). The minimum Gasteiger partial charge on any atom is -0.459 e. The lowest BCUT2D eigenvalue weighted by Gasteiger charge is -2.14. The van der Waals surface area contributed by atoms with E-state index in [1.165, 1.54) is 18.4 Å². The van der Waals surface area contributed by atoms with Gasteiger partial charge < -0.3 is 9.73 Å². The number of alkyl halides is 3. The van der Waals surface area contributed by atoms with Crippen LogP contribution in [0.5, 0.6) is 0 Å². The van der Waals surface area contributed by atoms with E-state index in [-0.39, 0.29) is 17.1 Å². The smallest absolute Gasteiger partial charge is 0.418 e. The Morgan fingerprint density at radius 3 is 2.55 bits per heavy atom. The summed E-state index contributed by atoms with van der Waals surface area (Å²) in [6.45, 7) is 0. The molecule has 2 aromatic carbocycles. The molecule has 9 heteroatoms. The zero-order valence-corrected chi connectivity index (χ0v) is 14.7. The molecular weight excluding hydrogens is 385 g/mol. The summed E-state index contributed by atoms with van der Waals surface area (Å²) in [4.78, 5) is 16.3. The molecule has 0 atom stereocenters. The number of aromatic nitrogens is 3. The molecule has 0 spiro atoms. The van der Waals surface area contributed by atoms with Gasteiger partial charge in [0.2, 0.25) is 0 Å². The Labute approximate surface area is 162 Å². The molecule has 0 radical (unpaired) electrons. The highest BCUT2D eigenvalue weighted by Gasteiger charge is 2.35. The number of carbonyl (C=O) groups excluding carboxylic acids is 1. The lowest BCUT2D eigenvalue weighted by atomic mass is 10.1. The Hall–Kier alpha value is -3.88. The Bertz CT molecular complexity index is 1140. The summed E-state index contributed by atoms with van der Waals surface area (Å²) < 4.78 is 46.9. The van der Waals surface area contributed by atoms with Gasteiger partial charge in [-0.3, -0.25) is 4.79 Å². The van der Waals surface area contributed by atoms with Crippen molar-refractivity contribution in [2.75, 3.05) is 5.32 Å². The second-order valence-corrected chi connectivity index (χ2v) is 6.05. The summed E-state index contributed by atoms with van der Waals surface area (Å²) in [7, 11) is 0. The highest BCUT2D eigenvalue weighted by atomic mass is 19.4. The Balaban J connectivity index is 1.66. The van der Waals surface area contributed by atoms with E-state index in [1.54, 1.807) is 18.2 Å². The molecule has 0 saturated carbocycles. The molecule has 0 bridgehead atoms. The van der Waals surface area contributed by atoms with Gasteiger partial charge in [0.25, 0.3) is 5.91 Å². The Kier molecular flexibility index (Phi) is 4.63. The molecule has 6 nitrogen and oxygen atoms in total. The second-order valence-electron chi connectivity index (χ2n) is 6.05. The van der Waals surface area contributed by atoms with Gasteiger partial charge in [-0.1, -0.05) is 30.3 Å². The maximum absolute atomic E-state index is 13.5. The zero-order chi connectivity index (χ0) is 20.4. The molecule has 1 amide bonds. The largest absolute Gasteiger partial charge is 0.459 e. The van der Waals surface area contributed by atoms with Crippen LogP contribution >= 0.6 is 0 Å². The molecule has 29 heavy (non-hydrogen) atoms. The summed E-state index contributed by atoms with van der Waals surface area (Å²) in [6.07, 6.45) is -0.996. The summed E-state index contributed by atoms with van der Waals surface area (Å²) >= 11 is 0. The van der Waals surface area contributed by atoms with Crippen LogP contribution in [0, 0.1) is 0 Å². The summed E-state index contributed by atoms with van der Waals surface area (Å²) in [5, 5.41) is 6.20. The number of furan rings is 1. The molecule has 146 valence electrons. The monoisotopic (exact) mass is 398 g/mol. The van der Waals surface area contributed by atoms with E-state index in [2.05, 4.69) is 15.4 Å². The quantitative estimate of drug-likeness (QED) is 0.536. The number of hydrogen-bond donors (Lipinski definition) is 1. The topological polar surface area (TPSA) is 73.0 Å². The third kappa shape index (κ3) is 3.75. The van der Waals surface area contributed by atoms with Crippen LogP contribution in [0.15, 0.2) is 77.9 Å². The van der Waals surface area contributed by atoms with Gasteiger partial charge in [-0.15, -0.1) is 0 Å². The van der Waals surface area contributed by atoms with Crippen LogP contribution in [0.3, 0.4) is 0 Å². The molecule has 0 saturated heterocycles. The van der Waals surface area contributed by atoms with Crippen molar-refractivity contribution in [2.45, 2.75) is 6.18 Å². The highest BCUT2D eigenvalue weighted by Crippen LogP contribution is 2.35. The van der Waals surface area contributed by atoms with E-state index in [9.17, 15) is 18.0 Å². The van der Waals surface area contributed by atoms with Crippen molar-refractivity contribution in [3.05, 3.63) is 84.8 Å². The molecule has 4 aromatic rings. The van der Waals surface area contributed by atoms with Gasteiger partial charge in [-0.05, 0) is 29.8 Å². The van der Waals surface area contributed by atoms with Crippen LogP contribution in [0.1, 0.15) is 16.1 Å². The van der Waals surface area contributed by atoms with Crippen LogP contribution in [-0.4, -0.2) is 20.7 Å². The fourth-order valence-corrected chi connectivity index (χ4v) is 2.89. The van der Waals surface area contributed by atoms with E-state index in [0.717, 1.165) is 29.0 Å². The first kappa shape index (κ1) is 18.5. The number of halogens is 3. The number of nitrogens with zero attached hydrogens (tertiary/aromatic N) is 3. The normalized spacial score (nSPS) is 11.4. The van der Waals surface area contributed by atoms with Gasteiger partial charge in [0.05, 0.1) is 17.5 Å². The predicted octanol–water partition coefficient (Wildman–Crippen LogP) is 4.80. The van der Waals surface area contributed by atoms with Crippen LogP contribution < -0.4 is 5.32 Å². The maximum atomic E-state index is 13.5.